The lowest BCUT2D eigenvalue weighted by atomic mass is 10.0. The first-order valence-corrected chi connectivity index (χ1v) is 7.41. The van der Waals surface area contributed by atoms with Gasteiger partial charge >= 0.3 is 0 Å². The predicted molar refractivity (Wildman–Crippen MR) is 76.3 cm³/mol. The Kier molecular flexibility index (Phi) is 4.36. The van der Waals surface area contributed by atoms with Crippen LogP contribution in [-0.2, 0) is 0 Å². The molecule has 1 atom stereocenters. The molecule has 0 spiro atoms. The lowest BCUT2D eigenvalue weighted by Crippen LogP contribution is -2.13. The average molecular weight is 314 g/mol. The minimum absolute atomic E-state index is 0.345. The summed E-state index contributed by atoms with van der Waals surface area (Å²) in [6.45, 7) is 2.82. The van der Waals surface area contributed by atoms with Gasteiger partial charge in [0.1, 0.15) is 5.82 Å². The molecule has 0 saturated carbocycles. The normalized spacial score (nSPS) is 12.9. The number of hydrogen-bond acceptors (Lipinski definition) is 3. The van der Waals surface area contributed by atoms with Crippen LogP contribution in [0.4, 0.5) is 0 Å². The summed E-state index contributed by atoms with van der Waals surface area (Å²) >= 11 is 5.16. The van der Waals surface area contributed by atoms with Crippen LogP contribution in [0, 0.1) is 0 Å². The van der Waals surface area contributed by atoms with E-state index < -0.39 is 0 Å². The van der Waals surface area contributed by atoms with E-state index in [1.807, 2.05) is 6.20 Å². The van der Waals surface area contributed by atoms with E-state index in [0.29, 0.717) is 12.5 Å². The van der Waals surface area contributed by atoms with Crippen molar-refractivity contribution in [1.82, 2.24) is 9.97 Å². The number of H-pyrrole nitrogens is 1. The van der Waals surface area contributed by atoms with Gasteiger partial charge in [-0.05, 0) is 28.4 Å². The van der Waals surface area contributed by atoms with E-state index in [1.165, 1.54) is 4.88 Å². The molecule has 3 nitrogen and oxygen atoms in total. The second-order valence-corrected chi connectivity index (χ2v) is 5.86. The van der Waals surface area contributed by atoms with Crippen molar-refractivity contribution < 1.29 is 0 Å². The summed E-state index contributed by atoms with van der Waals surface area (Å²) in [5.41, 5.74) is 6.85. The molecule has 92 valence electrons. The molecule has 2 aromatic heterocycles. The molecule has 2 heterocycles. The predicted octanol–water partition coefficient (Wildman–Crippen LogP) is 3.74. The van der Waals surface area contributed by atoms with Crippen LogP contribution in [0.5, 0.6) is 0 Å². The van der Waals surface area contributed by atoms with Gasteiger partial charge in [-0.3, -0.25) is 0 Å². The number of hydrogen-bond donors (Lipinski definition) is 2. The smallest absolute Gasteiger partial charge is 0.110 e. The summed E-state index contributed by atoms with van der Waals surface area (Å²) in [6, 6.07) is 2.10. The fourth-order valence-corrected chi connectivity index (χ4v) is 3.23. The molecule has 0 aliphatic rings. The molecule has 0 radical (unpaired) electrons. The van der Waals surface area contributed by atoms with E-state index in [9.17, 15) is 0 Å². The number of nitrogens with zero attached hydrogens (tertiary/aromatic N) is 1. The van der Waals surface area contributed by atoms with Crippen LogP contribution < -0.4 is 5.73 Å². The molecule has 2 rings (SSSR count). The third-order valence-electron chi connectivity index (χ3n) is 2.74. The molecule has 1 unspecified atom stereocenters. The first-order valence-electron chi connectivity index (χ1n) is 5.74. The zero-order chi connectivity index (χ0) is 12.3. The first-order chi connectivity index (χ1) is 8.24. The number of aromatic amines is 1. The van der Waals surface area contributed by atoms with Crippen molar-refractivity contribution in [2.75, 3.05) is 6.54 Å². The van der Waals surface area contributed by atoms with Gasteiger partial charge in [0.25, 0.3) is 0 Å². The standard InChI is InChI=1S/C12H16BrN3S/c1-2-3-8(5-14)12-15-6-10(16-12)11-4-9(13)7-17-11/h4,6-8H,2-3,5,14H2,1H3,(H,15,16). The third-order valence-corrected chi connectivity index (χ3v) is 4.46. The quantitative estimate of drug-likeness (QED) is 0.883. The zero-order valence-corrected chi connectivity index (χ0v) is 12.1. The van der Waals surface area contributed by atoms with Crippen molar-refractivity contribution in [3.05, 3.63) is 27.9 Å². The molecule has 0 aliphatic carbocycles. The number of imidazole rings is 1. The molecular weight excluding hydrogens is 298 g/mol. The lowest BCUT2D eigenvalue weighted by Gasteiger charge is -2.09. The average Bonchev–Trinajstić information content (AvgIpc) is 2.94. The molecule has 0 saturated heterocycles. The van der Waals surface area contributed by atoms with Crippen LogP contribution in [0.15, 0.2) is 22.1 Å². The molecule has 2 aromatic rings. The van der Waals surface area contributed by atoms with Gasteiger partial charge < -0.3 is 10.7 Å². The molecule has 0 bridgehead atoms. The fourth-order valence-electron chi connectivity index (χ4n) is 1.84. The molecule has 17 heavy (non-hydrogen) atoms. The van der Waals surface area contributed by atoms with Gasteiger partial charge in [0.05, 0.1) is 16.8 Å². The largest absolute Gasteiger partial charge is 0.341 e. The highest BCUT2D eigenvalue weighted by Crippen LogP contribution is 2.29. The number of nitrogens with one attached hydrogen (secondary N) is 1. The van der Waals surface area contributed by atoms with Gasteiger partial charge in [-0.1, -0.05) is 13.3 Å². The SMILES string of the molecule is CCCC(CN)c1ncc(-c2cc(Br)cs2)[nH]1. The van der Waals surface area contributed by atoms with Crippen molar-refractivity contribution >= 4 is 27.3 Å². The summed E-state index contributed by atoms with van der Waals surface area (Å²) in [6.07, 6.45) is 4.10. The number of nitrogens with two attached hydrogens (primary N) is 1. The Morgan fingerprint density at radius 2 is 2.41 bits per heavy atom. The Bertz CT molecular complexity index is 478. The van der Waals surface area contributed by atoms with Gasteiger partial charge in [-0.25, -0.2) is 4.98 Å². The Morgan fingerprint density at radius 1 is 1.59 bits per heavy atom. The number of aromatic nitrogens is 2. The van der Waals surface area contributed by atoms with Crippen molar-refractivity contribution in [1.29, 1.82) is 0 Å². The van der Waals surface area contributed by atoms with Crippen LogP contribution in [0.2, 0.25) is 0 Å². The number of halogens is 1. The molecule has 0 aliphatic heterocycles. The van der Waals surface area contributed by atoms with Crippen molar-refractivity contribution in [2.45, 2.75) is 25.7 Å². The summed E-state index contributed by atoms with van der Waals surface area (Å²) < 4.78 is 1.11. The van der Waals surface area contributed by atoms with Gasteiger partial charge in [0, 0.05) is 22.3 Å². The number of thiophene rings is 1. The van der Waals surface area contributed by atoms with Gasteiger partial charge in [-0.2, -0.15) is 0 Å². The Morgan fingerprint density at radius 3 is 3.00 bits per heavy atom. The number of rotatable bonds is 5. The molecule has 0 amide bonds. The lowest BCUT2D eigenvalue weighted by molar-refractivity contribution is 0.595. The molecule has 3 N–H and O–H groups in total. The maximum atomic E-state index is 5.78. The van der Waals surface area contributed by atoms with E-state index in [2.05, 4.69) is 44.3 Å². The highest BCUT2D eigenvalue weighted by atomic mass is 79.9. The van der Waals surface area contributed by atoms with E-state index in [-0.39, 0.29) is 0 Å². The van der Waals surface area contributed by atoms with Crippen molar-refractivity contribution in [3.63, 3.8) is 0 Å². The van der Waals surface area contributed by atoms with Gasteiger partial charge in [0.2, 0.25) is 0 Å². The van der Waals surface area contributed by atoms with Crippen LogP contribution in [0.25, 0.3) is 10.6 Å². The molecule has 0 fully saturated rings. The van der Waals surface area contributed by atoms with E-state index in [1.54, 1.807) is 11.3 Å². The maximum absolute atomic E-state index is 5.78. The summed E-state index contributed by atoms with van der Waals surface area (Å²) in [7, 11) is 0. The van der Waals surface area contributed by atoms with E-state index in [0.717, 1.165) is 28.8 Å². The molecular formula is C12H16BrN3S. The maximum Gasteiger partial charge on any atom is 0.110 e. The van der Waals surface area contributed by atoms with Gasteiger partial charge in [0.15, 0.2) is 0 Å². The van der Waals surface area contributed by atoms with E-state index >= 15 is 0 Å². The zero-order valence-electron chi connectivity index (χ0n) is 9.74. The first kappa shape index (κ1) is 12.8. The van der Waals surface area contributed by atoms with Crippen LogP contribution in [0.1, 0.15) is 31.5 Å². The van der Waals surface area contributed by atoms with Crippen LogP contribution >= 0.6 is 27.3 Å². The highest BCUT2D eigenvalue weighted by molar-refractivity contribution is 9.10. The summed E-state index contributed by atoms with van der Waals surface area (Å²) in [5, 5.41) is 2.07. The molecule has 5 heteroatoms. The molecule has 0 aromatic carbocycles. The monoisotopic (exact) mass is 313 g/mol. The minimum atomic E-state index is 0.345. The Balaban J connectivity index is 2.20. The summed E-state index contributed by atoms with van der Waals surface area (Å²) in [4.78, 5) is 9.02. The second kappa shape index (κ2) is 5.80. The Labute approximate surface area is 114 Å². The van der Waals surface area contributed by atoms with Crippen LogP contribution in [-0.4, -0.2) is 16.5 Å². The summed E-state index contributed by atoms with van der Waals surface area (Å²) in [5.74, 6) is 1.35. The second-order valence-electron chi connectivity index (χ2n) is 4.03. The Hall–Kier alpha value is -0.650. The third kappa shape index (κ3) is 2.97. The van der Waals surface area contributed by atoms with Crippen molar-refractivity contribution in [3.8, 4) is 10.6 Å². The van der Waals surface area contributed by atoms with Crippen LogP contribution in [0.3, 0.4) is 0 Å². The van der Waals surface area contributed by atoms with Crippen molar-refractivity contribution in [2.24, 2.45) is 5.73 Å². The minimum Gasteiger partial charge on any atom is -0.341 e. The fraction of sp³-hybridized carbons (Fsp3) is 0.417. The highest BCUT2D eigenvalue weighted by Gasteiger charge is 2.13. The van der Waals surface area contributed by atoms with Gasteiger partial charge in [-0.15, -0.1) is 11.3 Å². The topological polar surface area (TPSA) is 54.7 Å². The van der Waals surface area contributed by atoms with E-state index in [4.69, 9.17) is 5.73 Å².